The first-order valence-electron chi connectivity index (χ1n) is 9.78. The quantitative estimate of drug-likeness (QED) is 0.218. The van der Waals surface area contributed by atoms with Gasteiger partial charge in [0.15, 0.2) is 0 Å². The van der Waals surface area contributed by atoms with Gasteiger partial charge in [-0.1, -0.05) is 25.6 Å². The van der Waals surface area contributed by atoms with Crippen molar-refractivity contribution in [1.82, 2.24) is 0 Å². The molecule has 0 saturated heterocycles. The number of carbonyl (C=O) groups is 2. The molecule has 3 rings (SSSR count). The zero-order valence-corrected chi connectivity index (χ0v) is 17.0. The molecule has 0 bridgehead atoms. The van der Waals surface area contributed by atoms with Crippen LogP contribution in [0.5, 0.6) is 11.5 Å². The van der Waals surface area contributed by atoms with E-state index in [0.717, 1.165) is 23.3 Å². The van der Waals surface area contributed by atoms with Crippen molar-refractivity contribution in [3.63, 3.8) is 0 Å². The molecule has 0 heterocycles. The monoisotopic (exact) mass is 415 g/mol. The van der Waals surface area contributed by atoms with Crippen molar-refractivity contribution in [2.24, 2.45) is 0 Å². The van der Waals surface area contributed by atoms with E-state index in [9.17, 15) is 9.59 Å². The van der Waals surface area contributed by atoms with Gasteiger partial charge in [0.25, 0.3) is 0 Å². The Labute approximate surface area is 180 Å². The van der Waals surface area contributed by atoms with E-state index in [1.165, 1.54) is 0 Å². The lowest BCUT2D eigenvalue weighted by molar-refractivity contribution is -0.158. The predicted octanol–water partition coefficient (Wildman–Crippen LogP) is 5.16. The van der Waals surface area contributed by atoms with Crippen LogP contribution < -0.4 is 9.47 Å². The lowest BCUT2D eigenvalue weighted by atomic mass is 10.1. The first-order valence-corrected chi connectivity index (χ1v) is 9.78. The van der Waals surface area contributed by atoms with Crippen molar-refractivity contribution in [3.05, 3.63) is 84.4 Å². The third-order valence-electron chi connectivity index (χ3n) is 4.45. The number of fused-ring (bicyclic) bond motifs is 1. The van der Waals surface area contributed by atoms with Crippen molar-refractivity contribution >= 4 is 22.7 Å². The molecule has 0 radical (unpaired) electrons. The standard InChI is InChI=1S/C25H21NO5/c1-3-5-24(31-23(27)4-2)29-21-11-8-18(9-12-21)25(28)30-22-13-10-19-14-17(16-26)6-7-20(19)15-22/h4,6-15,24H,2-3,5H2,1H3. The molecule has 156 valence electrons. The second kappa shape index (κ2) is 10.1. The van der Waals surface area contributed by atoms with Gasteiger partial charge in [-0.3, -0.25) is 0 Å². The van der Waals surface area contributed by atoms with E-state index in [1.807, 2.05) is 13.0 Å². The summed E-state index contributed by atoms with van der Waals surface area (Å²) in [7, 11) is 0. The molecule has 0 fully saturated rings. The lowest BCUT2D eigenvalue weighted by Gasteiger charge is -2.18. The van der Waals surface area contributed by atoms with Crippen LogP contribution in [0.4, 0.5) is 0 Å². The second-order valence-corrected chi connectivity index (χ2v) is 6.73. The number of nitrogens with zero attached hydrogens (tertiary/aromatic N) is 1. The summed E-state index contributed by atoms with van der Waals surface area (Å²) in [6.45, 7) is 5.33. The van der Waals surface area contributed by atoms with Crippen molar-refractivity contribution in [2.45, 2.75) is 26.1 Å². The van der Waals surface area contributed by atoms with Gasteiger partial charge in [-0.15, -0.1) is 0 Å². The van der Waals surface area contributed by atoms with E-state index in [-0.39, 0.29) is 0 Å². The molecule has 0 spiro atoms. The minimum absolute atomic E-state index is 0.349. The third kappa shape index (κ3) is 5.71. The van der Waals surface area contributed by atoms with Gasteiger partial charge in [0.2, 0.25) is 6.29 Å². The van der Waals surface area contributed by atoms with E-state index in [4.69, 9.17) is 19.5 Å². The van der Waals surface area contributed by atoms with Gasteiger partial charge in [-0.2, -0.15) is 5.26 Å². The third-order valence-corrected chi connectivity index (χ3v) is 4.45. The Morgan fingerprint density at radius 1 is 1.03 bits per heavy atom. The first kappa shape index (κ1) is 21.6. The van der Waals surface area contributed by atoms with Gasteiger partial charge in [0, 0.05) is 12.5 Å². The highest BCUT2D eigenvalue weighted by Crippen LogP contribution is 2.23. The molecule has 6 nitrogen and oxygen atoms in total. The maximum Gasteiger partial charge on any atom is 0.343 e. The van der Waals surface area contributed by atoms with Gasteiger partial charge in [0.1, 0.15) is 11.5 Å². The number of benzene rings is 3. The Bertz CT molecular complexity index is 1140. The molecule has 0 aliphatic carbocycles. The highest BCUT2D eigenvalue weighted by Gasteiger charge is 2.15. The predicted molar refractivity (Wildman–Crippen MR) is 116 cm³/mol. The Morgan fingerprint density at radius 3 is 2.39 bits per heavy atom. The Balaban J connectivity index is 1.67. The summed E-state index contributed by atoms with van der Waals surface area (Å²) in [5, 5.41) is 10.7. The minimum atomic E-state index is -0.729. The van der Waals surface area contributed by atoms with Crippen LogP contribution in [0.3, 0.4) is 0 Å². The summed E-state index contributed by atoms with van der Waals surface area (Å²) in [6.07, 6.45) is 1.65. The summed E-state index contributed by atoms with van der Waals surface area (Å²) in [4.78, 5) is 23.9. The average Bonchev–Trinajstić information content (AvgIpc) is 2.79. The van der Waals surface area contributed by atoms with Gasteiger partial charge in [-0.05, 0) is 65.7 Å². The fraction of sp³-hybridized carbons (Fsp3) is 0.160. The Hall–Kier alpha value is -4.11. The molecule has 0 amide bonds. The van der Waals surface area contributed by atoms with E-state index in [0.29, 0.717) is 29.0 Å². The smallest absolute Gasteiger partial charge is 0.343 e. The molecule has 0 aliphatic rings. The minimum Gasteiger partial charge on any atom is -0.455 e. The molecular weight excluding hydrogens is 394 g/mol. The SMILES string of the molecule is C=CC(=O)OC(CCC)Oc1ccc(C(=O)Oc2ccc3cc(C#N)ccc3c2)cc1. The summed E-state index contributed by atoms with van der Waals surface area (Å²) in [5.74, 6) is -0.201. The molecule has 0 saturated carbocycles. The molecule has 1 unspecified atom stereocenters. The van der Waals surface area contributed by atoms with Crippen molar-refractivity contribution in [3.8, 4) is 17.6 Å². The fourth-order valence-corrected chi connectivity index (χ4v) is 2.90. The van der Waals surface area contributed by atoms with Crippen molar-refractivity contribution < 1.29 is 23.8 Å². The Morgan fingerprint density at radius 2 is 1.71 bits per heavy atom. The van der Waals surface area contributed by atoms with Gasteiger partial charge in [-0.25, -0.2) is 9.59 Å². The molecule has 3 aromatic rings. The van der Waals surface area contributed by atoms with Gasteiger partial charge < -0.3 is 14.2 Å². The second-order valence-electron chi connectivity index (χ2n) is 6.73. The van der Waals surface area contributed by atoms with E-state index in [1.54, 1.807) is 54.6 Å². The van der Waals surface area contributed by atoms with E-state index < -0.39 is 18.2 Å². The molecule has 31 heavy (non-hydrogen) atoms. The lowest BCUT2D eigenvalue weighted by Crippen LogP contribution is -2.23. The number of nitriles is 1. The highest BCUT2D eigenvalue weighted by atomic mass is 16.7. The fourth-order valence-electron chi connectivity index (χ4n) is 2.90. The molecule has 0 aromatic heterocycles. The van der Waals surface area contributed by atoms with Crippen LogP contribution in [0.1, 0.15) is 35.7 Å². The number of esters is 2. The van der Waals surface area contributed by atoms with Crippen LogP contribution in [0, 0.1) is 11.3 Å². The maximum atomic E-state index is 12.5. The highest BCUT2D eigenvalue weighted by molar-refractivity contribution is 5.92. The molecular formula is C25H21NO5. The number of hydrogen-bond acceptors (Lipinski definition) is 6. The number of carbonyl (C=O) groups excluding carboxylic acids is 2. The number of ether oxygens (including phenoxy) is 3. The molecule has 1 atom stereocenters. The normalized spacial score (nSPS) is 11.2. The Kier molecular flexibility index (Phi) is 7.02. The van der Waals surface area contributed by atoms with Crippen LogP contribution >= 0.6 is 0 Å². The maximum absolute atomic E-state index is 12.5. The van der Waals surface area contributed by atoms with Crippen LogP contribution in [-0.4, -0.2) is 18.2 Å². The van der Waals surface area contributed by atoms with Crippen LogP contribution in [0.2, 0.25) is 0 Å². The zero-order chi connectivity index (χ0) is 22.2. The van der Waals surface area contributed by atoms with Crippen LogP contribution in [0.15, 0.2) is 73.3 Å². The number of hydrogen-bond donors (Lipinski definition) is 0. The summed E-state index contributed by atoms with van der Waals surface area (Å²) in [6, 6.07) is 19.0. The van der Waals surface area contributed by atoms with Crippen molar-refractivity contribution in [2.75, 3.05) is 0 Å². The largest absolute Gasteiger partial charge is 0.455 e. The van der Waals surface area contributed by atoms with Gasteiger partial charge in [0.05, 0.1) is 17.2 Å². The van der Waals surface area contributed by atoms with Crippen LogP contribution in [0.25, 0.3) is 10.8 Å². The molecule has 6 heteroatoms. The van der Waals surface area contributed by atoms with E-state index in [2.05, 4.69) is 12.6 Å². The summed E-state index contributed by atoms with van der Waals surface area (Å²) in [5.41, 5.74) is 0.919. The molecule has 0 N–H and O–H groups in total. The van der Waals surface area contributed by atoms with E-state index >= 15 is 0 Å². The van der Waals surface area contributed by atoms with Gasteiger partial charge >= 0.3 is 11.9 Å². The van der Waals surface area contributed by atoms with Crippen LogP contribution in [-0.2, 0) is 9.53 Å². The first-order chi connectivity index (χ1) is 15.0. The summed E-state index contributed by atoms with van der Waals surface area (Å²) < 4.78 is 16.3. The summed E-state index contributed by atoms with van der Waals surface area (Å²) >= 11 is 0. The molecule has 0 aliphatic heterocycles. The van der Waals surface area contributed by atoms with Crippen molar-refractivity contribution in [1.29, 1.82) is 5.26 Å². The topological polar surface area (TPSA) is 85.6 Å². The average molecular weight is 415 g/mol. The zero-order valence-electron chi connectivity index (χ0n) is 17.0. The molecule has 3 aromatic carbocycles. The number of rotatable bonds is 8.